The molecule has 1 aromatic heterocycles. The molecule has 2 amide bonds. The monoisotopic (exact) mass is 403 g/mol. The molecule has 3 N–H and O–H groups in total. The van der Waals surface area contributed by atoms with Crippen LogP contribution in [0.1, 0.15) is 48.7 Å². The van der Waals surface area contributed by atoms with Crippen LogP contribution in [0.4, 0.5) is 0 Å². The number of nitrogens with one attached hydrogen (secondary N) is 3. The lowest BCUT2D eigenvalue weighted by Gasteiger charge is -2.25. The van der Waals surface area contributed by atoms with Crippen LogP contribution in [0.2, 0.25) is 0 Å². The maximum Gasteiger partial charge on any atom is 0.253 e. The number of likely N-dealkylation sites (tertiary alicyclic amines) is 1. The number of para-hydroxylation sites is 2. The third kappa shape index (κ3) is 3.58. The summed E-state index contributed by atoms with van der Waals surface area (Å²) in [6.07, 6.45) is 4.54. The molecule has 1 fully saturated rings. The molecule has 1 saturated heterocycles. The van der Waals surface area contributed by atoms with Crippen LogP contribution in [0, 0.1) is 0 Å². The number of nitrogens with zero attached hydrogens (tertiary/aromatic N) is 1. The normalized spacial score (nSPS) is 20.5. The molecular weight excluding hydrogens is 376 g/mol. The number of amides is 2. The van der Waals surface area contributed by atoms with Crippen LogP contribution >= 0.6 is 0 Å². The van der Waals surface area contributed by atoms with Crippen molar-refractivity contribution in [2.75, 3.05) is 6.54 Å². The van der Waals surface area contributed by atoms with Crippen LogP contribution in [0.15, 0.2) is 48.5 Å². The maximum absolute atomic E-state index is 13.0. The minimum atomic E-state index is -0.350. The van der Waals surface area contributed by atoms with Gasteiger partial charge in [0.05, 0.1) is 12.5 Å². The minimum absolute atomic E-state index is 0.0141. The van der Waals surface area contributed by atoms with Gasteiger partial charge in [0.1, 0.15) is 6.04 Å². The van der Waals surface area contributed by atoms with Gasteiger partial charge in [0.15, 0.2) is 11.0 Å². The van der Waals surface area contributed by atoms with Gasteiger partial charge in [-0.1, -0.05) is 36.4 Å². The largest absolute Gasteiger partial charge is 0.347 e. The van der Waals surface area contributed by atoms with E-state index in [1.165, 1.54) is 11.1 Å². The molecule has 0 saturated carbocycles. The van der Waals surface area contributed by atoms with Crippen LogP contribution in [0.3, 0.4) is 0 Å². The van der Waals surface area contributed by atoms with E-state index in [9.17, 15) is 9.59 Å². The van der Waals surface area contributed by atoms with Crippen molar-refractivity contribution >= 4 is 22.8 Å². The van der Waals surface area contributed by atoms with Gasteiger partial charge in [-0.2, -0.15) is 0 Å². The average molecular weight is 404 g/mol. The number of carbonyl (C=O) groups is 2. The molecule has 0 bridgehead atoms. The Morgan fingerprint density at radius 3 is 2.83 bits per heavy atom. The number of H-pyrrole nitrogens is 2. The van der Waals surface area contributed by atoms with E-state index in [1.54, 1.807) is 4.90 Å². The average Bonchev–Trinajstić information content (AvgIpc) is 3.50. The Balaban J connectivity index is 1.21. The summed E-state index contributed by atoms with van der Waals surface area (Å²) in [6, 6.07) is 16.0. The number of rotatable bonds is 5. The van der Waals surface area contributed by atoms with Crippen molar-refractivity contribution in [1.82, 2.24) is 15.2 Å². The van der Waals surface area contributed by atoms with Crippen molar-refractivity contribution < 1.29 is 14.6 Å². The number of imidazole rings is 1. The van der Waals surface area contributed by atoms with Crippen LogP contribution in [0.5, 0.6) is 0 Å². The first-order chi connectivity index (χ1) is 14.7. The van der Waals surface area contributed by atoms with Crippen LogP contribution in [0.25, 0.3) is 11.0 Å². The molecule has 1 aliphatic carbocycles. The molecule has 30 heavy (non-hydrogen) atoms. The summed E-state index contributed by atoms with van der Waals surface area (Å²) in [5.74, 6) is 0.971. The van der Waals surface area contributed by atoms with Gasteiger partial charge in [-0.25, -0.2) is 9.97 Å². The predicted octanol–water partition coefficient (Wildman–Crippen LogP) is 2.71. The van der Waals surface area contributed by atoms with Crippen molar-refractivity contribution in [3.63, 3.8) is 0 Å². The minimum Gasteiger partial charge on any atom is -0.347 e. The Morgan fingerprint density at radius 2 is 1.93 bits per heavy atom. The van der Waals surface area contributed by atoms with Gasteiger partial charge < -0.3 is 10.2 Å². The highest BCUT2D eigenvalue weighted by Gasteiger charge is 2.35. The smallest absolute Gasteiger partial charge is 0.253 e. The third-order valence-corrected chi connectivity index (χ3v) is 6.41. The van der Waals surface area contributed by atoms with Crippen LogP contribution in [-0.4, -0.2) is 34.3 Å². The molecular formula is C24H27N4O2+. The number of hydrogen-bond donors (Lipinski definition) is 2. The SMILES string of the molecule is O=C(NC1CCc2ccccc21)[C@@H]1CCCN1C(=O)CCc1[nH]c2ccccc2[nH+]1. The number of aryl methyl sites for hydroxylation is 2. The molecule has 5 rings (SSSR count). The van der Waals surface area contributed by atoms with E-state index >= 15 is 0 Å². The Labute approximate surface area is 175 Å². The Morgan fingerprint density at radius 1 is 1.10 bits per heavy atom. The van der Waals surface area contributed by atoms with Crippen molar-refractivity contribution in [3.8, 4) is 0 Å². The summed E-state index contributed by atoms with van der Waals surface area (Å²) in [4.78, 5) is 34.3. The molecule has 2 aromatic carbocycles. The van der Waals surface area contributed by atoms with Crippen molar-refractivity contribution in [2.45, 2.75) is 50.6 Å². The highest BCUT2D eigenvalue weighted by atomic mass is 16.2. The van der Waals surface area contributed by atoms with E-state index in [2.05, 4.69) is 27.4 Å². The molecule has 6 heteroatoms. The van der Waals surface area contributed by atoms with Gasteiger partial charge in [0.2, 0.25) is 11.8 Å². The molecule has 154 valence electrons. The Kier molecular flexibility index (Phi) is 4.99. The molecule has 1 aliphatic heterocycles. The number of carbonyl (C=O) groups excluding carboxylic acids is 2. The topological polar surface area (TPSA) is 79.3 Å². The first-order valence-electron chi connectivity index (χ1n) is 10.9. The van der Waals surface area contributed by atoms with Gasteiger partial charge >= 0.3 is 0 Å². The fourth-order valence-corrected chi connectivity index (χ4v) is 4.87. The first-order valence-corrected chi connectivity index (χ1v) is 10.9. The molecule has 0 spiro atoms. The zero-order chi connectivity index (χ0) is 20.5. The van der Waals surface area contributed by atoms with Gasteiger partial charge in [-0.3, -0.25) is 9.59 Å². The molecule has 2 aliphatic rings. The van der Waals surface area contributed by atoms with Gasteiger partial charge in [0, 0.05) is 13.0 Å². The van der Waals surface area contributed by atoms with Crippen molar-refractivity contribution in [1.29, 1.82) is 0 Å². The number of fused-ring (bicyclic) bond motifs is 2. The summed E-state index contributed by atoms with van der Waals surface area (Å²) in [5, 5.41) is 3.21. The number of aromatic amines is 2. The van der Waals surface area contributed by atoms with Gasteiger partial charge in [-0.05, 0) is 48.9 Å². The van der Waals surface area contributed by atoms with Crippen LogP contribution in [-0.2, 0) is 22.4 Å². The zero-order valence-electron chi connectivity index (χ0n) is 17.0. The van der Waals surface area contributed by atoms with Gasteiger partial charge in [0.25, 0.3) is 5.82 Å². The summed E-state index contributed by atoms with van der Waals surface area (Å²) in [7, 11) is 0. The number of hydrogen-bond acceptors (Lipinski definition) is 2. The molecule has 2 atom stereocenters. The second-order valence-electron chi connectivity index (χ2n) is 8.32. The standard InChI is InChI=1S/C24H26N4O2/c29-23(14-13-22-25-19-8-3-4-9-20(19)26-22)28-15-5-10-21(28)24(30)27-18-12-11-16-6-1-2-7-17(16)18/h1-4,6-9,18,21H,5,10-15H2,(H,25,26)(H,27,30)/p+1/t18?,21-/m0/s1. The quantitative estimate of drug-likeness (QED) is 0.687. The van der Waals surface area contributed by atoms with Crippen molar-refractivity contribution in [3.05, 3.63) is 65.5 Å². The van der Waals surface area contributed by atoms with E-state index in [0.29, 0.717) is 19.4 Å². The molecule has 0 radical (unpaired) electrons. The highest BCUT2D eigenvalue weighted by molar-refractivity contribution is 5.88. The fourth-order valence-electron chi connectivity index (χ4n) is 4.87. The summed E-state index contributed by atoms with van der Waals surface area (Å²) >= 11 is 0. The number of benzene rings is 2. The van der Waals surface area contributed by atoms with Crippen LogP contribution < -0.4 is 10.3 Å². The summed E-state index contributed by atoms with van der Waals surface area (Å²) in [6.45, 7) is 0.661. The van der Waals surface area contributed by atoms with E-state index in [4.69, 9.17) is 0 Å². The Hall–Kier alpha value is -3.15. The molecule has 6 nitrogen and oxygen atoms in total. The second kappa shape index (κ2) is 7.94. The molecule has 3 aromatic rings. The van der Waals surface area contributed by atoms with E-state index < -0.39 is 0 Å². The van der Waals surface area contributed by atoms with Crippen molar-refractivity contribution in [2.24, 2.45) is 0 Å². The third-order valence-electron chi connectivity index (χ3n) is 6.41. The highest BCUT2D eigenvalue weighted by Crippen LogP contribution is 2.31. The van der Waals surface area contributed by atoms with E-state index in [-0.39, 0.29) is 23.9 Å². The summed E-state index contributed by atoms with van der Waals surface area (Å²) < 4.78 is 0. The lowest BCUT2D eigenvalue weighted by atomic mass is 10.1. The summed E-state index contributed by atoms with van der Waals surface area (Å²) in [5.41, 5.74) is 4.61. The first kappa shape index (κ1) is 18.9. The predicted molar refractivity (Wildman–Crippen MR) is 114 cm³/mol. The lowest BCUT2D eigenvalue weighted by Crippen LogP contribution is -2.46. The van der Waals surface area contributed by atoms with Gasteiger partial charge in [-0.15, -0.1) is 0 Å². The molecule has 2 heterocycles. The second-order valence-corrected chi connectivity index (χ2v) is 8.32. The lowest BCUT2D eigenvalue weighted by molar-refractivity contribution is -0.357. The fraction of sp³-hybridized carbons (Fsp3) is 0.375. The Bertz CT molecular complexity index is 1060. The molecule has 1 unspecified atom stereocenters. The maximum atomic E-state index is 13.0. The van der Waals surface area contributed by atoms with E-state index in [0.717, 1.165) is 42.5 Å². The number of aromatic nitrogens is 2. The van der Waals surface area contributed by atoms with E-state index in [1.807, 2.05) is 36.4 Å². The zero-order valence-corrected chi connectivity index (χ0v) is 17.0.